The number of alkyl halides is 3. The Morgan fingerprint density at radius 3 is 2.56 bits per heavy atom. The first-order valence-corrected chi connectivity index (χ1v) is 5.79. The number of fused-ring (bicyclic) bond motifs is 1. The molecule has 1 fully saturated rings. The maximum Gasteiger partial charge on any atom is 0.418 e. The van der Waals surface area contributed by atoms with Crippen LogP contribution in [0.4, 0.5) is 13.2 Å². The molecule has 1 aromatic carbocycles. The van der Waals surface area contributed by atoms with Crippen molar-refractivity contribution in [1.29, 1.82) is 0 Å². The zero-order chi connectivity index (χ0) is 12.9. The summed E-state index contributed by atoms with van der Waals surface area (Å²) < 4.78 is 39.9. The second-order valence-electron chi connectivity index (χ2n) is 4.58. The molecule has 1 aliphatic carbocycles. The minimum atomic E-state index is -4.45. The van der Waals surface area contributed by atoms with Gasteiger partial charge in [0.1, 0.15) is 0 Å². The standard InChI is InChI=1S/C12H11F3N2O/c13-12(14,15)8-5-2-6-9-10(8)16-11(18)17(9)7-3-1-4-7/h2,5-7H,1,3-4H2,(H,16,18). The molecule has 96 valence electrons. The van der Waals surface area contributed by atoms with Crippen molar-refractivity contribution < 1.29 is 13.2 Å². The van der Waals surface area contributed by atoms with Crippen LogP contribution < -0.4 is 5.69 Å². The molecule has 0 amide bonds. The molecule has 2 aromatic rings. The maximum atomic E-state index is 12.8. The van der Waals surface area contributed by atoms with Gasteiger partial charge in [-0.1, -0.05) is 6.07 Å². The molecule has 0 saturated heterocycles. The van der Waals surface area contributed by atoms with Gasteiger partial charge in [-0.15, -0.1) is 0 Å². The number of hydrogen-bond acceptors (Lipinski definition) is 1. The van der Waals surface area contributed by atoms with Crippen LogP contribution in [0.15, 0.2) is 23.0 Å². The predicted molar refractivity (Wildman–Crippen MR) is 60.4 cm³/mol. The Kier molecular flexibility index (Phi) is 2.30. The van der Waals surface area contributed by atoms with Crippen LogP contribution in [-0.4, -0.2) is 9.55 Å². The average molecular weight is 256 g/mol. The third kappa shape index (κ3) is 1.55. The Balaban J connectivity index is 2.28. The van der Waals surface area contributed by atoms with Crippen molar-refractivity contribution in [2.24, 2.45) is 0 Å². The van der Waals surface area contributed by atoms with Crippen LogP contribution in [0.3, 0.4) is 0 Å². The highest BCUT2D eigenvalue weighted by molar-refractivity contribution is 5.79. The molecule has 1 heterocycles. The van der Waals surface area contributed by atoms with Crippen LogP contribution in [0.25, 0.3) is 11.0 Å². The number of para-hydroxylation sites is 1. The number of aromatic amines is 1. The number of halogens is 3. The summed E-state index contributed by atoms with van der Waals surface area (Å²) in [6, 6.07) is 3.92. The number of hydrogen-bond donors (Lipinski definition) is 1. The monoisotopic (exact) mass is 256 g/mol. The summed E-state index contributed by atoms with van der Waals surface area (Å²) in [6.45, 7) is 0. The van der Waals surface area contributed by atoms with Gasteiger partial charge in [0.2, 0.25) is 0 Å². The fourth-order valence-corrected chi connectivity index (χ4v) is 2.39. The van der Waals surface area contributed by atoms with Crippen LogP contribution in [0, 0.1) is 0 Å². The number of nitrogens with one attached hydrogen (secondary N) is 1. The van der Waals surface area contributed by atoms with Crippen molar-refractivity contribution in [1.82, 2.24) is 9.55 Å². The highest BCUT2D eigenvalue weighted by atomic mass is 19.4. The largest absolute Gasteiger partial charge is 0.418 e. The van der Waals surface area contributed by atoms with Crippen LogP contribution >= 0.6 is 0 Å². The van der Waals surface area contributed by atoms with Crippen molar-refractivity contribution in [2.75, 3.05) is 0 Å². The number of nitrogens with zero attached hydrogens (tertiary/aromatic N) is 1. The van der Waals surface area contributed by atoms with Crippen LogP contribution in [0.2, 0.25) is 0 Å². The maximum absolute atomic E-state index is 12.8. The van der Waals surface area contributed by atoms with E-state index in [9.17, 15) is 18.0 Å². The Bertz CT molecular complexity index is 649. The minimum absolute atomic E-state index is 0.0368. The molecule has 0 bridgehead atoms. The van der Waals surface area contributed by atoms with E-state index >= 15 is 0 Å². The molecule has 0 aliphatic heterocycles. The van der Waals surface area contributed by atoms with Crippen molar-refractivity contribution in [3.05, 3.63) is 34.2 Å². The number of aromatic nitrogens is 2. The first-order chi connectivity index (χ1) is 8.48. The van der Waals surface area contributed by atoms with Crippen LogP contribution in [0.5, 0.6) is 0 Å². The molecular weight excluding hydrogens is 245 g/mol. The van der Waals surface area contributed by atoms with Crippen molar-refractivity contribution >= 4 is 11.0 Å². The highest BCUT2D eigenvalue weighted by Crippen LogP contribution is 2.36. The molecule has 0 unspecified atom stereocenters. The topological polar surface area (TPSA) is 37.8 Å². The van der Waals surface area contributed by atoms with Gasteiger partial charge in [-0.05, 0) is 31.4 Å². The van der Waals surface area contributed by atoms with Gasteiger partial charge >= 0.3 is 11.9 Å². The Morgan fingerprint density at radius 2 is 2.00 bits per heavy atom. The van der Waals surface area contributed by atoms with E-state index in [0.717, 1.165) is 25.3 Å². The lowest BCUT2D eigenvalue weighted by atomic mass is 9.93. The average Bonchev–Trinajstić information content (AvgIpc) is 2.52. The molecule has 1 aromatic heterocycles. The molecule has 3 rings (SSSR count). The van der Waals surface area contributed by atoms with Gasteiger partial charge < -0.3 is 4.98 Å². The third-order valence-corrected chi connectivity index (χ3v) is 3.50. The van der Waals surface area contributed by atoms with Gasteiger partial charge in [0.05, 0.1) is 16.6 Å². The van der Waals surface area contributed by atoms with Crippen LogP contribution in [-0.2, 0) is 6.18 Å². The van der Waals surface area contributed by atoms with Crippen LogP contribution in [0.1, 0.15) is 30.9 Å². The second kappa shape index (κ2) is 3.63. The summed E-state index contributed by atoms with van der Waals surface area (Å²) in [5.74, 6) is 0. The summed E-state index contributed by atoms with van der Waals surface area (Å²) in [5.41, 5.74) is -0.997. The molecular formula is C12H11F3N2O. The number of H-pyrrole nitrogens is 1. The van der Waals surface area contributed by atoms with Crippen molar-refractivity contribution in [3.63, 3.8) is 0 Å². The van der Waals surface area contributed by atoms with E-state index < -0.39 is 17.4 Å². The van der Waals surface area contributed by atoms with E-state index in [-0.39, 0.29) is 11.6 Å². The highest BCUT2D eigenvalue weighted by Gasteiger charge is 2.34. The van der Waals surface area contributed by atoms with E-state index in [1.807, 2.05) is 0 Å². The van der Waals surface area contributed by atoms with Crippen molar-refractivity contribution in [2.45, 2.75) is 31.5 Å². The molecule has 3 nitrogen and oxygen atoms in total. The van der Waals surface area contributed by atoms with Gasteiger partial charge in [-0.25, -0.2) is 4.79 Å². The Morgan fingerprint density at radius 1 is 1.28 bits per heavy atom. The van der Waals surface area contributed by atoms with Gasteiger partial charge in [-0.2, -0.15) is 13.2 Å². The molecule has 1 saturated carbocycles. The SMILES string of the molecule is O=c1[nH]c2c(C(F)(F)F)cccc2n1C1CCC1. The molecule has 0 radical (unpaired) electrons. The lowest BCUT2D eigenvalue weighted by Gasteiger charge is -2.26. The smallest absolute Gasteiger partial charge is 0.305 e. The number of benzene rings is 1. The van der Waals surface area contributed by atoms with Gasteiger partial charge in [0, 0.05) is 6.04 Å². The lowest BCUT2D eigenvalue weighted by molar-refractivity contribution is -0.136. The molecule has 1 aliphatic rings. The minimum Gasteiger partial charge on any atom is -0.305 e. The molecule has 1 N–H and O–H groups in total. The molecule has 0 atom stereocenters. The zero-order valence-electron chi connectivity index (χ0n) is 9.42. The van der Waals surface area contributed by atoms with E-state index in [0.29, 0.717) is 5.52 Å². The summed E-state index contributed by atoms with van der Waals surface area (Å²) in [7, 11) is 0. The van der Waals surface area contributed by atoms with Gasteiger partial charge in [0.25, 0.3) is 0 Å². The molecule has 0 spiro atoms. The fraction of sp³-hybridized carbons (Fsp3) is 0.417. The normalized spacial score (nSPS) is 17.1. The second-order valence-corrected chi connectivity index (χ2v) is 4.58. The summed E-state index contributed by atoms with van der Waals surface area (Å²) in [4.78, 5) is 14.1. The molecule has 18 heavy (non-hydrogen) atoms. The summed E-state index contributed by atoms with van der Waals surface area (Å²) >= 11 is 0. The van der Waals surface area contributed by atoms with Crippen molar-refractivity contribution in [3.8, 4) is 0 Å². The number of imidazole rings is 1. The predicted octanol–water partition coefficient (Wildman–Crippen LogP) is 3.07. The fourth-order valence-electron chi connectivity index (χ4n) is 2.39. The zero-order valence-corrected chi connectivity index (χ0v) is 9.42. The molecule has 6 heteroatoms. The van der Waals surface area contributed by atoms with E-state index in [1.165, 1.54) is 10.6 Å². The Labute approximate surface area is 100 Å². The summed E-state index contributed by atoms with van der Waals surface area (Å²) in [5, 5.41) is 0. The van der Waals surface area contributed by atoms with Gasteiger partial charge in [0.15, 0.2) is 0 Å². The Hall–Kier alpha value is -1.72. The van der Waals surface area contributed by atoms with E-state index in [1.54, 1.807) is 6.07 Å². The lowest BCUT2D eigenvalue weighted by Crippen LogP contribution is -2.26. The third-order valence-electron chi connectivity index (χ3n) is 3.50. The summed E-state index contributed by atoms with van der Waals surface area (Å²) in [6.07, 6.45) is -1.73. The van der Waals surface area contributed by atoms with Gasteiger partial charge in [-0.3, -0.25) is 4.57 Å². The first-order valence-electron chi connectivity index (χ1n) is 5.79. The van der Waals surface area contributed by atoms with E-state index in [4.69, 9.17) is 0 Å². The number of rotatable bonds is 1. The van der Waals surface area contributed by atoms with E-state index in [2.05, 4.69) is 4.98 Å². The quantitative estimate of drug-likeness (QED) is 0.836. The first kappa shape index (κ1) is 11.4.